The first-order valence-electron chi connectivity index (χ1n) is 3.83. The number of thioether (sulfide) groups is 1. The maximum absolute atomic E-state index is 11.1. The summed E-state index contributed by atoms with van der Waals surface area (Å²) in [4.78, 5) is 0. The van der Waals surface area contributed by atoms with E-state index in [0.717, 1.165) is 5.03 Å². The fourth-order valence-corrected chi connectivity index (χ4v) is 2.76. The summed E-state index contributed by atoms with van der Waals surface area (Å²) in [6.45, 7) is 1.65. The molecule has 13 heavy (non-hydrogen) atoms. The molecule has 0 atom stereocenters. The van der Waals surface area contributed by atoms with Crippen molar-refractivity contribution in [3.63, 3.8) is 0 Å². The molecule has 0 fully saturated rings. The van der Waals surface area contributed by atoms with E-state index in [1.54, 1.807) is 13.1 Å². The molecule has 1 aromatic rings. The van der Waals surface area contributed by atoms with Crippen LogP contribution in [0.15, 0.2) is 11.2 Å². The first-order chi connectivity index (χ1) is 6.14. The van der Waals surface area contributed by atoms with Crippen molar-refractivity contribution in [2.24, 2.45) is 0 Å². The third-order valence-corrected chi connectivity index (χ3v) is 4.34. The van der Waals surface area contributed by atoms with Crippen molar-refractivity contribution in [1.82, 2.24) is 15.4 Å². The van der Waals surface area contributed by atoms with Crippen molar-refractivity contribution in [3.8, 4) is 0 Å². The average molecular weight is 221 g/mol. The molecular formula is C6H11N3O2S2. The van der Waals surface area contributed by atoms with Crippen molar-refractivity contribution >= 4 is 21.6 Å². The van der Waals surface area contributed by atoms with E-state index in [1.807, 2.05) is 0 Å². The summed E-state index contributed by atoms with van der Waals surface area (Å²) in [5.41, 5.74) is 0. The molecule has 0 unspecified atom stereocenters. The minimum Gasteiger partial charge on any atom is -0.229 e. The van der Waals surface area contributed by atoms with Crippen LogP contribution in [0.3, 0.4) is 0 Å². The number of nitrogens with one attached hydrogen (secondary N) is 1. The largest absolute Gasteiger partial charge is 0.229 e. The van der Waals surface area contributed by atoms with E-state index < -0.39 is 9.84 Å². The predicted octanol–water partition coefficient (Wildman–Crippen LogP) is 0.331. The highest BCUT2D eigenvalue weighted by molar-refractivity contribution is 8.00. The molecule has 0 aliphatic heterocycles. The standard InChI is InChI=1S/C6H11N3O2S2/c1-2-13(10,11)4-3-12-6-5-7-9-8-6/h5H,2-4H2,1H3,(H,7,8,9). The number of hydrogen-bond acceptors (Lipinski definition) is 5. The number of rotatable bonds is 5. The van der Waals surface area contributed by atoms with Gasteiger partial charge in [-0.25, -0.2) is 8.42 Å². The Balaban J connectivity index is 2.30. The fraction of sp³-hybridized carbons (Fsp3) is 0.667. The molecule has 1 N–H and O–H groups in total. The number of aromatic nitrogens is 3. The van der Waals surface area contributed by atoms with Gasteiger partial charge in [0.05, 0.1) is 11.9 Å². The van der Waals surface area contributed by atoms with Gasteiger partial charge in [-0.2, -0.15) is 10.3 Å². The Labute approximate surface area is 81.2 Å². The first-order valence-corrected chi connectivity index (χ1v) is 6.64. The summed E-state index contributed by atoms with van der Waals surface area (Å²) >= 11 is 1.39. The molecule has 7 heteroatoms. The van der Waals surface area contributed by atoms with Crippen molar-refractivity contribution in [2.75, 3.05) is 17.3 Å². The van der Waals surface area contributed by atoms with Gasteiger partial charge in [-0.15, -0.1) is 16.9 Å². The van der Waals surface area contributed by atoms with Crippen LogP contribution >= 0.6 is 11.8 Å². The third-order valence-electron chi connectivity index (χ3n) is 1.48. The number of aromatic amines is 1. The quantitative estimate of drug-likeness (QED) is 0.725. The van der Waals surface area contributed by atoms with Gasteiger partial charge in [-0.3, -0.25) is 0 Å². The van der Waals surface area contributed by atoms with Gasteiger partial charge < -0.3 is 0 Å². The Morgan fingerprint density at radius 2 is 2.38 bits per heavy atom. The number of sulfone groups is 1. The van der Waals surface area contributed by atoms with Crippen molar-refractivity contribution in [1.29, 1.82) is 0 Å². The van der Waals surface area contributed by atoms with E-state index in [-0.39, 0.29) is 11.5 Å². The highest BCUT2D eigenvalue weighted by Crippen LogP contribution is 2.12. The lowest BCUT2D eigenvalue weighted by Crippen LogP contribution is -2.10. The SMILES string of the molecule is CCS(=O)(=O)CCSc1cn[nH]n1. The van der Waals surface area contributed by atoms with Crippen LogP contribution in [0.1, 0.15) is 6.92 Å². The van der Waals surface area contributed by atoms with E-state index in [9.17, 15) is 8.42 Å². The minimum atomic E-state index is -2.85. The van der Waals surface area contributed by atoms with Gasteiger partial charge in [0.1, 0.15) is 5.03 Å². The molecule has 0 aromatic carbocycles. The van der Waals surface area contributed by atoms with Crippen LogP contribution in [0.25, 0.3) is 0 Å². The Morgan fingerprint density at radius 1 is 1.62 bits per heavy atom. The van der Waals surface area contributed by atoms with Crippen LogP contribution in [0, 0.1) is 0 Å². The zero-order valence-electron chi connectivity index (χ0n) is 7.23. The summed E-state index contributed by atoms with van der Waals surface area (Å²) < 4.78 is 22.1. The Morgan fingerprint density at radius 3 is 2.92 bits per heavy atom. The molecule has 0 amide bonds. The van der Waals surface area contributed by atoms with Crippen LogP contribution in [0.2, 0.25) is 0 Å². The zero-order chi connectivity index (χ0) is 9.73. The van der Waals surface area contributed by atoms with E-state index >= 15 is 0 Å². The molecule has 0 saturated heterocycles. The molecule has 0 spiro atoms. The molecule has 5 nitrogen and oxygen atoms in total. The minimum absolute atomic E-state index is 0.195. The molecule has 0 bridgehead atoms. The molecule has 74 valence electrons. The van der Waals surface area contributed by atoms with E-state index in [4.69, 9.17) is 0 Å². The topological polar surface area (TPSA) is 75.7 Å². The smallest absolute Gasteiger partial charge is 0.150 e. The second-order valence-corrected chi connectivity index (χ2v) is 5.98. The molecule has 1 heterocycles. The Bertz CT molecular complexity index is 333. The zero-order valence-corrected chi connectivity index (χ0v) is 8.86. The van der Waals surface area contributed by atoms with Crippen LogP contribution < -0.4 is 0 Å². The summed E-state index contributed by atoms with van der Waals surface area (Å²) in [6, 6.07) is 0. The van der Waals surface area contributed by atoms with Gasteiger partial charge in [0.2, 0.25) is 0 Å². The van der Waals surface area contributed by atoms with Gasteiger partial charge in [-0.05, 0) is 0 Å². The number of H-pyrrole nitrogens is 1. The summed E-state index contributed by atoms with van der Waals surface area (Å²) in [5.74, 6) is 0.927. The summed E-state index contributed by atoms with van der Waals surface area (Å²) in [5, 5.41) is 10.6. The van der Waals surface area contributed by atoms with Crippen LogP contribution in [-0.4, -0.2) is 41.1 Å². The van der Waals surface area contributed by atoms with Gasteiger partial charge in [0, 0.05) is 11.5 Å². The molecule has 0 saturated carbocycles. The molecule has 0 aliphatic carbocycles. The Kier molecular flexibility index (Phi) is 3.73. The normalized spacial score (nSPS) is 11.8. The van der Waals surface area contributed by atoms with Gasteiger partial charge in [0.15, 0.2) is 9.84 Å². The van der Waals surface area contributed by atoms with Crippen molar-refractivity contribution < 1.29 is 8.42 Å². The van der Waals surface area contributed by atoms with Crippen LogP contribution in [-0.2, 0) is 9.84 Å². The molecular weight excluding hydrogens is 210 g/mol. The Hall–Kier alpha value is -0.560. The molecule has 0 radical (unpaired) electrons. The highest BCUT2D eigenvalue weighted by atomic mass is 32.2. The molecule has 1 rings (SSSR count). The second-order valence-electron chi connectivity index (χ2n) is 2.39. The third kappa shape index (κ3) is 3.77. The lowest BCUT2D eigenvalue weighted by molar-refractivity contribution is 0.599. The van der Waals surface area contributed by atoms with Crippen LogP contribution in [0.4, 0.5) is 0 Å². The van der Waals surface area contributed by atoms with E-state index in [0.29, 0.717) is 5.75 Å². The number of nitrogens with zero attached hydrogens (tertiary/aromatic N) is 2. The van der Waals surface area contributed by atoms with E-state index in [2.05, 4.69) is 15.4 Å². The molecule has 1 aromatic heterocycles. The van der Waals surface area contributed by atoms with E-state index in [1.165, 1.54) is 11.8 Å². The second kappa shape index (κ2) is 4.61. The highest BCUT2D eigenvalue weighted by Gasteiger charge is 2.07. The summed E-state index contributed by atoms with van der Waals surface area (Å²) in [6.07, 6.45) is 1.57. The average Bonchev–Trinajstić information content (AvgIpc) is 2.57. The predicted molar refractivity (Wildman–Crippen MR) is 51.4 cm³/mol. The monoisotopic (exact) mass is 221 g/mol. The maximum Gasteiger partial charge on any atom is 0.150 e. The van der Waals surface area contributed by atoms with Crippen LogP contribution in [0.5, 0.6) is 0 Å². The van der Waals surface area contributed by atoms with Crippen molar-refractivity contribution in [3.05, 3.63) is 6.20 Å². The van der Waals surface area contributed by atoms with Gasteiger partial charge in [-0.1, -0.05) is 6.92 Å². The summed E-state index contributed by atoms with van der Waals surface area (Å²) in [7, 11) is -2.85. The first kappa shape index (κ1) is 10.5. The van der Waals surface area contributed by atoms with Crippen molar-refractivity contribution in [2.45, 2.75) is 11.9 Å². The maximum atomic E-state index is 11.1. The molecule has 0 aliphatic rings. The van der Waals surface area contributed by atoms with Gasteiger partial charge in [0.25, 0.3) is 0 Å². The van der Waals surface area contributed by atoms with Gasteiger partial charge >= 0.3 is 0 Å². The lowest BCUT2D eigenvalue weighted by atomic mass is 10.9. The lowest BCUT2D eigenvalue weighted by Gasteiger charge is -1.98. The number of hydrogen-bond donors (Lipinski definition) is 1. The fourth-order valence-electron chi connectivity index (χ4n) is 0.678.